The Labute approximate surface area is 180 Å². The summed E-state index contributed by atoms with van der Waals surface area (Å²) < 4.78 is 2.91. The van der Waals surface area contributed by atoms with E-state index in [1.165, 1.54) is 5.56 Å². The van der Waals surface area contributed by atoms with Crippen molar-refractivity contribution in [2.24, 2.45) is 0 Å². The Morgan fingerprint density at radius 1 is 1.13 bits per heavy atom. The van der Waals surface area contributed by atoms with Gasteiger partial charge in [-0.1, -0.05) is 59.4 Å². The minimum atomic E-state index is -0.0418. The molecule has 0 saturated heterocycles. The van der Waals surface area contributed by atoms with Gasteiger partial charge in [-0.15, -0.1) is 0 Å². The Hall–Kier alpha value is -3.19. The van der Waals surface area contributed by atoms with Crippen molar-refractivity contribution in [3.8, 4) is 5.69 Å². The number of amides is 1. The van der Waals surface area contributed by atoms with Gasteiger partial charge in [-0.05, 0) is 38.5 Å². The molecule has 0 aliphatic carbocycles. The minimum Gasteiger partial charge on any atom is -0.348 e. The molecule has 1 atom stereocenters. The fourth-order valence-electron chi connectivity index (χ4n) is 3.35. The van der Waals surface area contributed by atoms with Crippen LogP contribution in [-0.4, -0.2) is 34.3 Å². The number of fused-ring (bicyclic) bond motifs is 1. The zero-order valence-corrected chi connectivity index (χ0v) is 18.4. The Bertz CT molecular complexity index is 1160. The van der Waals surface area contributed by atoms with E-state index in [0.29, 0.717) is 0 Å². The summed E-state index contributed by atoms with van der Waals surface area (Å²) in [6.45, 7) is 6.28. The molecule has 1 amide bonds. The number of hydrogen-bond acceptors (Lipinski definition) is 5. The molecular formula is C23H25N5OS. The number of hydrogen-bond donors (Lipinski definition) is 1. The van der Waals surface area contributed by atoms with E-state index in [-0.39, 0.29) is 18.5 Å². The molecule has 4 aromatic rings. The van der Waals surface area contributed by atoms with Crippen LogP contribution >= 0.6 is 11.3 Å². The first kappa shape index (κ1) is 20.1. The first-order valence-electron chi connectivity index (χ1n) is 9.91. The molecule has 0 aliphatic heterocycles. The molecule has 0 radical (unpaired) electrons. The predicted octanol–water partition coefficient (Wildman–Crippen LogP) is 4.41. The number of carbonyl (C=O) groups is 1. The quantitative estimate of drug-likeness (QED) is 0.503. The molecule has 0 unspecified atom stereocenters. The molecule has 7 heteroatoms. The molecule has 2 aromatic carbocycles. The highest BCUT2D eigenvalue weighted by Gasteiger charge is 2.19. The lowest BCUT2D eigenvalue weighted by Gasteiger charge is -2.18. The van der Waals surface area contributed by atoms with E-state index in [1.54, 1.807) is 11.3 Å². The molecular weight excluding hydrogens is 394 g/mol. The molecule has 1 N–H and O–H groups in total. The summed E-state index contributed by atoms with van der Waals surface area (Å²) in [5, 5.41) is 8.51. The van der Waals surface area contributed by atoms with Gasteiger partial charge in [-0.3, -0.25) is 4.79 Å². The third kappa shape index (κ3) is 4.07. The minimum absolute atomic E-state index is 0.0370. The number of benzene rings is 2. The summed E-state index contributed by atoms with van der Waals surface area (Å²) in [5.74, 6) is -0.0370. The Kier molecular flexibility index (Phi) is 5.55. The van der Waals surface area contributed by atoms with E-state index in [4.69, 9.17) is 4.98 Å². The van der Waals surface area contributed by atoms with Crippen LogP contribution in [0, 0.1) is 13.8 Å². The zero-order chi connectivity index (χ0) is 21.3. The second kappa shape index (κ2) is 8.28. The lowest BCUT2D eigenvalue weighted by molar-refractivity contribution is -0.120. The number of aryl methyl sites for hydroxylation is 2. The molecule has 0 spiro atoms. The monoisotopic (exact) mass is 419 g/mol. The van der Waals surface area contributed by atoms with Crippen LogP contribution in [0.25, 0.3) is 16.0 Å². The Balaban J connectivity index is 1.51. The normalized spacial score (nSPS) is 12.1. The van der Waals surface area contributed by atoms with E-state index >= 15 is 0 Å². The molecule has 30 heavy (non-hydrogen) atoms. The van der Waals surface area contributed by atoms with Crippen LogP contribution in [0.5, 0.6) is 0 Å². The van der Waals surface area contributed by atoms with Crippen LogP contribution in [0.3, 0.4) is 0 Å². The van der Waals surface area contributed by atoms with Gasteiger partial charge in [-0.25, -0.2) is 4.68 Å². The second-order valence-electron chi connectivity index (χ2n) is 7.54. The van der Waals surface area contributed by atoms with Crippen LogP contribution in [0.4, 0.5) is 5.13 Å². The lowest BCUT2D eigenvalue weighted by atomic mass is 10.1. The SMILES string of the molecule is Cc1ccc(-n2nc(C)c3sc(N(C)CC(=O)N[C@@H](C)c4ccccc4)nc32)cc1. The van der Waals surface area contributed by atoms with Crippen LogP contribution in [0.1, 0.15) is 29.8 Å². The van der Waals surface area contributed by atoms with E-state index in [2.05, 4.69) is 29.5 Å². The Morgan fingerprint density at radius 2 is 1.83 bits per heavy atom. The number of likely N-dealkylation sites (N-methyl/N-ethyl adjacent to an activating group) is 1. The van der Waals surface area contributed by atoms with Crippen LogP contribution < -0.4 is 10.2 Å². The molecule has 2 heterocycles. The zero-order valence-electron chi connectivity index (χ0n) is 17.6. The maximum Gasteiger partial charge on any atom is 0.240 e. The van der Waals surface area contributed by atoms with Gasteiger partial charge in [0.05, 0.1) is 28.7 Å². The number of anilines is 1. The van der Waals surface area contributed by atoms with E-state index in [0.717, 1.165) is 32.4 Å². The van der Waals surface area contributed by atoms with Gasteiger partial charge in [-0.2, -0.15) is 10.1 Å². The number of nitrogens with one attached hydrogen (secondary N) is 1. The van der Waals surface area contributed by atoms with Gasteiger partial charge in [0.1, 0.15) is 0 Å². The van der Waals surface area contributed by atoms with Gasteiger partial charge in [0, 0.05) is 7.05 Å². The molecule has 0 fully saturated rings. The first-order valence-corrected chi connectivity index (χ1v) is 10.7. The fraction of sp³-hybridized carbons (Fsp3) is 0.261. The third-order valence-corrected chi connectivity index (χ3v) is 6.31. The lowest BCUT2D eigenvalue weighted by Crippen LogP contribution is -2.36. The summed E-state index contributed by atoms with van der Waals surface area (Å²) in [6, 6.07) is 18.1. The maximum absolute atomic E-state index is 12.6. The highest BCUT2D eigenvalue weighted by molar-refractivity contribution is 7.22. The van der Waals surface area contributed by atoms with Crippen LogP contribution in [0.2, 0.25) is 0 Å². The first-order chi connectivity index (χ1) is 14.4. The molecule has 6 nitrogen and oxygen atoms in total. The van der Waals surface area contributed by atoms with Gasteiger partial charge in [0.2, 0.25) is 5.91 Å². The smallest absolute Gasteiger partial charge is 0.240 e. The molecule has 2 aromatic heterocycles. The van der Waals surface area contributed by atoms with Crippen molar-refractivity contribution in [2.75, 3.05) is 18.5 Å². The summed E-state index contributed by atoms with van der Waals surface area (Å²) in [4.78, 5) is 19.2. The number of nitrogens with zero attached hydrogens (tertiary/aromatic N) is 4. The highest BCUT2D eigenvalue weighted by atomic mass is 32.1. The average Bonchev–Trinajstić information content (AvgIpc) is 3.30. The Morgan fingerprint density at radius 3 is 2.53 bits per heavy atom. The summed E-state index contributed by atoms with van der Waals surface area (Å²) in [5.41, 5.74) is 5.02. The molecule has 154 valence electrons. The summed E-state index contributed by atoms with van der Waals surface area (Å²) in [7, 11) is 1.89. The highest BCUT2D eigenvalue weighted by Crippen LogP contribution is 2.32. The summed E-state index contributed by atoms with van der Waals surface area (Å²) in [6.07, 6.45) is 0. The van der Waals surface area contributed by atoms with Crippen molar-refractivity contribution in [1.82, 2.24) is 20.1 Å². The van der Waals surface area contributed by atoms with Crippen molar-refractivity contribution in [3.05, 3.63) is 71.4 Å². The van der Waals surface area contributed by atoms with Crippen molar-refractivity contribution < 1.29 is 4.79 Å². The topological polar surface area (TPSA) is 63.1 Å². The fourth-order valence-corrected chi connectivity index (χ4v) is 4.29. The number of rotatable bonds is 6. The van der Waals surface area contributed by atoms with Gasteiger partial charge in [0.25, 0.3) is 0 Å². The van der Waals surface area contributed by atoms with Crippen LogP contribution in [-0.2, 0) is 4.79 Å². The number of carbonyl (C=O) groups excluding carboxylic acids is 1. The molecule has 4 rings (SSSR count). The van der Waals surface area contributed by atoms with Crippen molar-refractivity contribution in [2.45, 2.75) is 26.8 Å². The summed E-state index contributed by atoms with van der Waals surface area (Å²) >= 11 is 1.56. The molecule has 0 aliphatic rings. The number of thiazole rings is 1. The third-order valence-electron chi connectivity index (χ3n) is 5.04. The standard InChI is InChI=1S/C23H25N5OS/c1-15-10-12-19(13-11-15)28-22-21(17(3)26-28)30-23(25-22)27(4)14-20(29)24-16(2)18-8-6-5-7-9-18/h5-13,16H,14H2,1-4H3,(H,24,29)/t16-/m0/s1. The van der Waals surface area contributed by atoms with Crippen molar-refractivity contribution in [3.63, 3.8) is 0 Å². The number of aromatic nitrogens is 3. The van der Waals surface area contributed by atoms with E-state index < -0.39 is 0 Å². The second-order valence-corrected chi connectivity index (χ2v) is 8.52. The van der Waals surface area contributed by atoms with Gasteiger partial charge >= 0.3 is 0 Å². The average molecular weight is 420 g/mol. The van der Waals surface area contributed by atoms with Crippen molar-refractivity contribution >= 4 is 32.7 Å². The van der Waals surface area contributed by atoms with Crippen LogP contribution in [0.15, 0.2) is 54.6 Å². The maximum atomic E-state index is 12.6. The largest absolute Gasteiger partial charge is 0.348 e. The van der Waals surface area contributed by atoms with E-state index in [9.17, 15) is 4.79 Å². The van der Waals surface area contributed by atoms with Gasteiger partial charge < -0.3 is 10.2 Å². The molecule has 0 bridgehead atoms. The van der Waals surface area contributed by atoms with E-state index in [1.807, 2.05) is 72.9 Å². The predicted molar refractivity (Wildman–Crippen MR) is 122 cm³/mol. The molecule has 0 saturated carbocycles. The van der Waals surface area contributed by atoms with Crippen molar-refractivity contribution in [1.29, 1.82) is 0 Å². The van der Waals surface area contributed by atoms with Gasteiger partial charge in [0.15, 0.2) is 10.8 Å².